The summed E-state index contributed by atoms with van der Waals surface area (Å²) in [5, 5.41) is 3.42. The molecule has 1 N–H and O–H groups in total. The van der Waals surface area contributed by atoms with E-state index in [0.717, 1.165) is 38.5 Å². The van der Waals surface area contributed by atoms with Crippen molar-refractivity contribution < 1.29 is 4.79 Å². The highest BCUT2D eigenvalue weighted by atomic mass is 35.5. The molecule has 1 amide bonds. The van der Waals surface area contributed by atoms with Gasteiger partial charge >= 0.3 is 0 Å². The summed E-state index contributed by atoms with van der Waals surface area (Å²) >= 11 is 0. The van der Waals surface area contributed by atoms with Gasteiger partial charge in [0.25, 0.3) is 0 Å². The summed E-state index contributed by atoms with van der Waals surface area (Å²) in [6.45, 7) is 6.61. The third kappa shape index (κ3) is 4.85. The number of amides is 1. The van der Waals surface area contributed by atoms with Gasteiger partial charge < -0.3 is 10.2 Å². The number of halogens is 1. The van der Waals surface area contributed by atoms with Gasteiger partial charge in [-0.05, 0) is 68.9 Å². The number of piperidine rings is 2. The van der Waals surface area contributed by atoms with E-state index >= 15 is 0 Å². The molecule has 3 rings (SSSR count). The molecule has 0 aromatic carbocycles. The Morgan fingerprint density at radius 1 is 1.09 bits per heavy atom. The van der Waals surface area contributed by atoms with Crippen LogP contribution in [0.5, 0.6) is 0 Å². The molecular weight excluding hydrogens is 308 g/mol. The molecule has 1 spiro atoms. The van der Waals surface area contributed by atoms with E-state index in [4.69, 9.17) is 0 Å². The lowest BCUT2D eigenvalue weighted by Crippen LogP contribution is -2.44. The number of likely N-dealkylation sites (tertiary alicyclic amines) is 1. The normalized spacial score (nSPS) is 26.6. The van der Waals surface area contributed by atoms with Gasteiger partial charge in [-0.3, -0.25) is 4.79 Å². The first-order valence-corrected chi connectivity index (χ1v) is 9.67. The van der Waals surface area contributed by atoms with Crippen LogP contribution >= 0.6 is 12.4 Å². The molecule has 1 saturated carbocycles. The van der Waals surface area contributed by atoms with Gasteiger partial charge in [-0.15, -0.1) is 12.4 Å². The lowest BCUT2D eigenvalue weighted by atomic mass is 9.68. The molecule has 2 heterocycles. The number of hydrogen-bond acceptors (Lipinski definition) is 2. The Morgan fingerprint density at radius 3 is 2.30 bits per heavy atom. The minimum Gasteiger partial charge on any atom is -0.343 e. The largest absolute Gasteiger partial charge is 0.343 e. The van der Waals surface area contributed by atoms with E-state index in [1.807, 2.05) is 0 Å². The minimum atomic E-state index is 0. The smallest absolute Gasteiger partial charge is 0.222 e. The van der Waals surface area contributed by atoms with Gasteiger partial charge in [0.1, 0.15) is 0 Å². The fraction of sp³-hybridized carbons (Fsp3) is 0.947. The van der Waals surface area contributed by atoms with Gasteiger partial charge in [0.15, 0.2) is 0 Å². The lowest BCUT2D eigenvalue weighted by molar-refractivity contribution is -0.135. The third-order valence-corrected chi connectivity index (χ3v) is 6.78. The van der Waals surface area contributed by atoms with Crippen LogP contribution in [-0.2, 0) is 4.79 Å². The molecule has 3 aliphatic rings. The Kier molecular flexibility index (Phi) is 7.21. The number of hydrogen-bond donors (Lipinski definition) is 1. The standard InChI is InChI=1S/C19H34N2O.ClH/c1-16(17-5-11-20-12-6-17)15-18(22)21-13-9-19(10-14-21)7-3-2-4-8-19;/h16-17,20H,2-15H2,1H3;1H. The average molecular weight is 343 g/mol. The third-order valence-electron chi connectivity index (χ3n) is 6.78. The molecular formula is C19H35ClN2O. The predicted octanol–water partition coefficient (Wildman–Crippen LogP) is 4.01. The van der Waals surface area contributed by atoms with Crippen molar-refractivity contribution in [1.29, 1.82) is 0 Å². The molecule has 3 fully saturated rings. The Hall–Kier alpha value is -0.280. The zero-order valence-corrected chi connectivity index (χ0v) is 15.6. The van der Waals surface area contributed by atoms with Crippen LogP contribution in [0.2, 0.25) is 0 Å². The van der Waals surface area contributed by atoms with E-state index < -0.39 is 0 Å². The summed E-state index contributed by atoms with van der Waals surface area (Å²) in [4.78, 5) is 14.8. The van der Waals surface area contributed by atoms with Crippen molar-refractivity contribution in [2.45, 2.75) is 71.1 Å². The first-order chi connectivity index (χ1) is 10.7. The first-order valence-electron chi connectivity index (χ1n) is 9.67. The second-order valence-electron chi connectivity index (χ2n) is 8.21. The van der Waals surface area contributed by atoms with Gasteiger partial charge in [-0.1, -0.05) is 26.2 Å². The maximum atomic E-state index is 12.6. The number of carbonyl (C=O) groups is 1. The lowest BCUT2D eigenvalue weighted by Gasteiger charge is -2.44. The molecule has 0 bridgehead atoms. The summed E-state index contributed by atoms with van der Waals surface area (Å²) in [7, 11) is 0. The quantitative estimate of drug-likeness (QED) is 0.840. The van der Waals surface area contributed by atoms with Crippen molar-refractivity contribution >= 4 is 18.3 Å². The van der Waals surface area contributed by atoms with Crippen LogP contribution in [0, 0.1) is 17.3 Å². The number of rotatable bonds is 3. The topological polar surface area (TPSA) is 32.3 Å². The number of nitrogens with zero attached hydrogens (tertiary/aromatic N) is 1. The minimum absolute atomic E-state index is 0. The van der Waals surface area contributed by atoms with Crippen molar-refractivity contribution in [2.24, 2.45) is 17.3 Å². The van der Waals surface area contributed by atoms with E-state index in [1.54, 1.807) is 0 Å². The zero-order valence-electron chi connectivity index (χ0n) is 14.8. The molecule has 134 valence electrons. The van der Waals surface area contributed by atoms with E-state index in [1.165, 1.54) is 57.8 Å². The maximum absolute atomic E-state index is 12.6. The van der Waals surface area contributed by atoms with Crippen LogP contribution in [0.3, 0.4) is 0 Å². The molecule has 4 heteroatoms. The zero-order chi connectivity index (χ0) is 15.4. The Morgan fingerprint density at radius 2 is 1.70 bits per heavy atom. The van der Waals surface area contributed by atoms with Crippen LogP contribution in [0.25, 0.3) is 0 Å². The molecule has 2 aliphatic heterocycles. The molecule has 2 saturated heterocycles. The van der Waals surface area contributed by atoms with E-state index in [9.17, 15) is 4.79 Å². The van der Waals surface area contributed by atoms with Crippen molar-refractivity contribution in [1.82, 2.24) is 10.2 Å². The van der Waals surface area contributed by atoms with Crippen molar-refractivity contribution in [2.75, 3.05) is 26.2 Å². The Labute approximate surface area is 148 Å². The summed E-state index contributed by atoms with van der Waals surface area (Å²) in [5.41, 5.74) is 0.607. The van der Waals surface area contributed by atoms with Crippen LogP contribution in [-0.4, -0.2) is 37.0 Å². The Bertz CT molecular complexity index is 366. The number of carbonyl (C=O) groups excluding carboxylic acids is 1. The fourth-order valence-corrected chi connectivity index (χ4v) is 5.02. The SMILES string of the molecule is CC(CC(=O)N1CCC2(CCCCC2)CC1)C1CCNCC1.Cl. The van der Waals surface area contributed by atoms with Gasteiger partial charge in [0.2, 0.25) is 5.91 Å². The van der Waals surface area contributed by atoms with Crippen LogP contribution in [0.1, 0.15) is 71.1 Å². The summed E-state index contributed by atoms with van der Waals surface area (Å²) in [6.07, 6.45) is 12.9. The molecule has 3 nitrogen and oxygen atoms in total. The van der Waals surface area contributed by atoms with Crippen LogP contribution in [0.4, 0.5) is 0 Å². The van der Waals surface area contributed by atoms with Crippen LogP contribution in [0.15, 0.2) is 0 Å². The summed E-state index contributed by atoms with van der Waals surface area (Å²) < 4.78 is 0. The highest BCUT2D eigenvalue weighted by Gasteiger charge is 2.37. The highest BCUT2D eigenvalue weighted by Crippen LogP contribution is 2.44. The van der Waals surface area contributed by atoms with Gasteiger partial charge in [0.05, 0.1) is 0 Å². The van der Waals surface area contributed by atoms with Gasteiger partial charge in [0, 0.05) is 19.5 Å². The maximum Gasteiger partial charge on any atom is 0.222 e. The second kappa shape index (κ2) is 8.71. The van der Waals surface area contributed by atoms with Gasteiger partial charge in [-0.25, -0.2) is 0 Å². The molecule has 0 aromatic heterocycles. The molecule has 1 atom stereocenters. The molecule has 1 aliphatic carbocycles. The van der Waals surface area contributed by atoms with E-state index in [2.05, 4.69) is 17.1 Å². The van der Waals surface area contributed by atoms with Crippen LogP contribution < -0.4 is 5.32 Å². The van der Waals surface area contributed by atoms with E-state index in [-0.39, 0.29) is 12.4 Å². The van der Waals surface area contributed by atoms with Gasteiger partial charge in [-0.2, -0.15) is 0 Å². The first kappa shape index (κ1) is 19.1. The average Bonchev–Trinajstić information content (AvgIpc) is 2.57. The Balaban J connectivity index is 0.00000192. The van der Waals surface area contributed by atoms with Crippen molar-refractivity contribution in [3.8, 4) is 0 Å². The monoisotopic (exact) mass is 342 g/mol. The van der Waals surface area contributed by atoms with Crippen molar-refractivity contribution in [3.05, 3.63) is 0 Å². The summed E-state index contributed by atoms with van der Waals surface area (Å²) in [6, 6.07) is 0. The summed E-state index contributed by atoms with van der Waals surface area (Å²) in [5.74, 6) is 1.73. The molecule has 23 heavy (non-hydrogen) atoms. The van der Waals surface area contributed by atoms with Crippen molar-refractivity contribution in [3.63, 3.8) is 0 Å². The molecule has 0 radical (unpaired) electrons. The molecule has 1 unspecified atom stereocenters. The fourth-order valence-electron chi connectivity index (χ4n) is 5.02. The van der Waals surface area contributed by atoms with E-state index in [0.29, 0.717) is 17.2 Å². The number of nitrogens with one attached hydrogen (secondary N) is 1. The predicted molar refractivity (Wildman–Crippen MR) is 98.0 cm³/mol. The molecule has 0 aromatic rings. The second-order valence-corrected chi connectivity index (χ2v) is 8.21. The highest BCUT2D eigenvalue weighted by molar-refractivity contribution is 5.85.